The second-order valence-corrected chi connectivity index (χ2v) is 2.85. The predicted molar refractivity (Wildman–Crippen MR) is 50.4 cm³/mol. The van der Waals surface area contributed by atoms with Gasteiger partial charge in [-0.05, 0) is 6.07 Å². The lowest BCUT2D eigenvalue weighted by molar-refractivity contribution is 0.343. The topological polar surface area (TPSA) is 33.1 Å². The van der Waals surface area contributed by atoms with Gasteiger partial charge in [0.15, 0.2) is 0 Å². The average Bonchev–Trinajstić information content (AvgIpc) is 2.04. The van der Waals surface area contributed by atoms with Gasteiger partial charge in [0.05, 0.1) is 11.6 Å². The lowest BCUT2D eigenvalue weighted by atomic mass is 10.2. The summed E-state index contributed by atoms with van der Waals surface area (Å²) in [6.45, 7) is -0.0401. The summed E-state index contributed by atoms with van der Waals surface area (Å²) in [6.07, 6.45) is 4.72. The van der Waals surface area contributed by atoms with Crippen LogP contribution in [-0.4, -0.2) is 16.7 Å². The molecule has 0 aliphatic rings. The average molecular weight is 204 g/mol. The molecule has 0 radical (unpaired) electrons. The normalized spacial score (nSPS) is 10.9. The Bertz CT molecular complexity index is 279. The Hall–Kier alpha value is -0.570. The maximum absolute atomic E-state index is 8.52. The number of hydrogen-bond donors (Lipinski definition) is 1. The first-order chi connectivity index (χ1) is 5.75. The molecule has 12 heavy (non-hydrogen) atoms. The third kappa shape index (κ3) is 2.21. The molecule has 1 rings (SSSR count). The fraction of sp³-hybridized carbons (Fsp3) is 0.125. The zero-order valence-corrected chi connectivity index (χ0v) is 7.68. The number of rotatable bonds is 2. The van der Waals surface area contributed by atoms with Crippen molar-refractivity contribution in [3.05, 3.63) is 34.1 Å². The van der Waals surface area contributed by atoms with Crippen molar-refractivity contribution in [2.75, 3.05) is 6.61 Å². The minimum absolute atomic E-state index is 0.0401. The number of aliphatic hydroxyl groups is 1. The van der Waals surface area contributed by atoms with Crippen LogP contribution in [-0.2, 0) is 0 Å². The van der Waals surface area contributed by atoms with Gasteiger partial charge in [-0.1, -0.05) is 35.4 Å². The van der Waals surface area contributed by atoms with E-state index in [4.69, 9.17) is 28.3 Å². The van der Waals surface area contributed by atoms with Crippen LogP contribution < -0.4 is 0 Å². The number of hydrogen-bond acceptors (Lipinski definition) is 2. The highest BCUT2D eigenvalue weighted by Gasteiger charge is 2.01. The molecule has 1 N–H and O–H groups in total. The van der Waals surface area contributed by atoms with E-state index in [1.807, 2.05) is 0 Å². The Morgan fingerprint density at radius 1 is 1.50 bits per heavy atom. The van der Waals surface area contributed by atoms with Gasteiger partial charge in [-0.25, -0.2) is 4.98 Å². The second-order valence-electron chi connectivity index (χ2n) is 2.08. The van der Waals surface area contributed by atoms with E-state index in [-0.39, 0.29) is 6.61 Å². The van der Waals surface area contributed by atoms with E-state index in [9.17, 15) is 0 Å². The molecule has 64 valence electrons. The van der Waals surface area contributed by atoms with E-state index in [1.165, 1.54) is 6.20 Å². The molecule has 1 aromatic rings. The van der Waals surface area contributed by atoms with Gasteiger partial charge < -0.3 is 5.11 Å². The van der Waals surface area contributed by atoms with Gasteiger partial charge in [-0.3, -0.25) is 0 Å². The highest BCUT2D eigenvalue weighted by atomic mass is 35.5. The fourth-order valence-electron chi connectivity index (χ4n) is 0.745. The number of aliphatic hydroxyl groups excluding tert-OH is 1. The zero-order chi connectivity index (χ0) is 8.97. The molecule has 0 saturated heterocycles. The van der Waals surface area contributed by atoms with Crippen LogP contribution in [0.25, 0.3) is 6.08 Å². The summed E-state index contributed by atoms with van der Waals surface area (Å²) in [4.78, 5) is 3.84. The number of halogens is 2. The van der Waals surface area contributed by atoms with Crippen molar-refractivity contribution < 1.29 is 5.11 Å². The van der Waals surface area contributed by atoms with E-state index in [0.29, 0.717) is 15.7 Å². The van der Waals surface area contributed by atoms with E-state index in [1.54, 1.807) is 18.2 Å². The van der Waals surface area contributed by atoms with Crippen LogP contribution in [0.3, 0.4) is 0 Å². The Kier molecular flexibility index (Phi) is 3.53. The van der Waals surface area contributed by atoms with Gasteiger partial charge in [-0.2, -0.15) is 0 Å². The first kappa shape index (κ1) is 9.52. The standard InChI is InChI=1S/C8H7Cl2NO/c9-7-3-4-11-8(10)6(7)2-1-5-12/h1-4,12H,5H2. The molecule has 2 nitrogen and oxygen atoms in total. The summed E-state index contributed by atoms with van der Waals surface area (Å²) >= 11 is 11.5. The lowest BCUT2D eigenvalue weighted by Crippen LogP contribution is -1.82. The lowest BCUT2D eigenvalue weighted by Gasteiger charge is -1.98. The molecule has 0 bridgehead atoms. The van der Waals surface area contributed by atoms with Crippen molar-refractivity contribution in [1.82, 2.24) is 4.98 Å². The zero-order valence-electron chi connectivity index (χ0n) is 6.17. The molecule has 0 unspecified atom stereocenters. The summed E-state index contributed by atoms with van der Waals surface area (Å²) in [5.41, 5.74) is 0.634. The van der Waals surface area contributed by atoms with Crippen molar-refractivity contribution in [3.63, 3.8) is 0 Å². The van der Waals surface area contributed by atoms with Crippen LogP contribution in [0.4, 0.5) is 0 Å². The van der Waals surface area contributed by atoms with Crippen LogP contribution in [0.15, 0.2) is 18.3 Å². The van der Waals surface area contributed by atoms with Crippen LogP contribution >= 0.6 is 23.2 Å². The summed E-state index contributed by atoms with van der Waals surface area (Å²) in [7, 11) is 0. The molecule has 4 heteroatoms. The molecule has 1 aromatic heterocycles. The minimum atomic E-state index is -0.0401. The third-order valence-electron chi connectivity index (χ3n) is 1.28. The Morgan fingerprint density at radius 2 is 2.25 bits per heavy atom. The van der Waals surface area contributed by atoms with Crippen molar-refractivity contribution in [2.45, 2.75) is 0 Å². The second kappa shape index (κ2) is 4.45. The van der Waals surface area contributed by atoms with Gasteiger partial charge >= 0.3 is 0 Å². The predicted octanol–water partition coefficient (Wildman–Crippen LogP) is 2.39. The molecule has 0 saturated carbocycles. The molecule has 0 fully saturated rings. The van der Waals surface area contributed by atoms with Crippen molar-refractivity contribution in [2.24, 2.45) is 0 Å². The van der Waals surface area contributed by atoms with Gasteiger partial charge in [0, 0.05) is 11.8 Å². The van der Waals surface area contributed by atoms with Gasteiger partial charge in [0.2, 0.25) is 0 Å². The monoisotopic (exact) mass is 203 g/mol. The van der Waals surface area contributed by atoms with E-state index < -0.39 is 0 Å². The van der Waals surface area contributed by atoms with Crippen molar-refractivity contribution in [1.29, 1.82) is 0 Å². The van der Waals surface area contributed by atoms with Gasteiger partial charge in [0.1, 0.15) is 5.15 Å². The summed E-state index contributed by atoms with van der Waals surface area (Å²) in [6, 6.07) is 1.64. The molecule has 0 aliphatic carbocycles. The SMILES string of the molecule is OCC=Cc1c(Cl)ccnc1Cl. The molecule has 0 spiro atoms. The summed E-state index contributed by atoms with van der Waals surface area (Å²) in [5, 5.41) is 9.38. The highest BCUT2D eigenvalue weighted by molar-refractivity contribution is 6.36. The van der Waals surface area contributed by atoms with Gasteiger partial charge in [-0.15, -0.1) is 0 Å². The Labute approximate surface area is 80.5 Å². The van der Waals surface area contributed by atoms with Crippen LogP contribution in [0, 0.1) is 0 Å². The molecule has 1 heterocycles. The molecule has 0 amide bonds. The highest BCUT2D eigenvalue weighted by Crippen LogP contribution is 2.22. The van der Waals surface area contributed by atoms with E-state index in [2.05, 4.69) is 4.98 Å². The van der Waals surface area contributed by atoms with Crippen LogP contribution in [0.2, 0.25) is 10.2 Å². The fourth-order valence-corrected chi connectivity index (χ4v) is 1.22. The number of aromatic nitrogens is 1. The molecular formula is C8H7Cl2NO. The minimum Gasteiger partial charge on any atom is -0.392 e. The third-order valence-corrected chi connectivity index (χ3v) is 1.91. The first-order valence-corrected chi connectivity index (χ1v) is 4.08. The molecule has 0 atom stereocenters. The first-order valence-electron chi connectivity index (χ1n) is 3.33. The maximum atomic E-state index is 8.52. The Balaban J connectivity index is 3.04. The number of pyridine rings is 1. The van der Waals surface area contributed by atoms with E-state index >= 15 is 0 Å². The molecule has 0 aromatic carbocycles. The summed E-state index contributed by atoms with van der Waals surface area (Å²) < 4.78 is 0. The molecular weight excluding hydrogens is 197 g/mol. The molecule has 0 aliphatic heterocycles. The maximum Gasteiger partial charge on any atom is 0.137 e. The van der Waals surface area contributed by atoms with Crippen LogP contribution in [0.5, 0.6) is 0 Å². The largest absolute Gasteiger partial charge is 0.392 e. The smallest absolute Gasteiger partial charge is 0.137 e. The quantitative estimate of drug-likeness (QED) is 0.750. The Morgan fingerprint density at radius 3 is 2.83 bits per heavy atom. The summed E-state index contributed by atoms with van der Waals surface area (Å²) in [5.74, 6) is 0. The van der Waals surface area contributed by atoms with Crippen molar-refractivity contribution in [3.8, 4) is 0 Å². The van der Waals surface area contributed by atoms with Crippen molar-refractivity contribution >= 4 is 29.3 Å². The van der Waals surface area contributed by atoms with Crippen LogP contribution in [0.1, 0.15) is 5.56 Å². The number of nitrogens with zero attached hydrogens (tertiary/aromatic N) is 1. The van der Waals surface area contributed by atoms with E-state index in [0.717, 1.165) is 0 Å². The van der Waals surface area contributed by atoms with Gasteiger partial charge in [0.25, 0.3) is 0 Å².